The van der Waals surface area contributed by atoms with E-state index in [0.29, 0.717) is 4.90 Å². The van der Waals surface area contributed by atoms with E-state index >= 15 is 0 Å². The van der Waals surface area contributed by atoms with E-state index < -0.39 is 30.1 Å². The van der Waals surface area contributed by atoms with Crippen LogP contribution in [0.1, 0.15) is 16.1 Å². The van der Waals surface area contributed by atoms with Crippen LogP contribution in [-0.2, 0) is 11.3 Å². The molecule has 0 saturated carbocycles. The summed E-state index contributed by atoms with van der Waals surface area (Å²) in [5.74, 6) is -2.83. The summed E-state index contributed by atoms with van der Waals surface area (Å²) < 4.78 is 39.6. The molecule has 0 aliphatic heterocycles. The van der Waals surface area contributed by atoms with Crippen LogP contribution in [0.3, 0.4) is 0 Å². The van der Waals surface area contributed by atoms with E-state index in [1.807, 2.05) is 0 Å². The largest absolute Gasteiger partial charge is 0.471 e. The highest BCUT2D eigenvalue weighted by atomic mass is 19.4. The first kappa shape index (κ1) is 22.6. The van der Waals surface area contributed by atoms with Crippen molar-refractivity contribution in [3.05, 3.63) is 52.1 Å². The number of anilines is 2. The average molecular weight is 450 g/mol. The Balaban J connectivity index is 1.95. The third kappa shape index (κ3) is 4.97. The van der Waals surface area contributed by atoms with Crippen molar-refractivity contribution in [3.8, 4) is 0 Å². The van der Waals surface area contributed by atoms with Crippen molar-refractivity contribution >= 4 is 34.6 Å². The second-order valence-electron chi connectivity index (χ2n) is 6.47. The van der Waals surface area contributed by atoms with Crippen LogP contribution in [0.15, 0.2) is 35.3 Å². The van der Waals surface area contributed by atoms with Gasteiger partial charge in [-0.3, -0.25) is 24.3 Å². The number of fused-ring (bicyclic) bond motifs is 1. The molecule has 0 aliphatic carbocycles. The van der Waals surface area contributed by atoms with E-state index in [1.165, 1.54) is 24.3 Å². The Morgan fingerprint density at radius 3 is 2.47 bits per heavy atom. The summed E-state index contributed by atoms with van der Waals surface area (Å²) in [6.45, 7) is -0.210. The van der Waals surface area contributed by atoms with Gasteiger partial charge in [-0.25, -0.2) is 9.97 Å². The van der Waals surface area contributed by atoms with Crippen molar-refractivity contribution < 1.29 is 22.8 Å². The predicted octanol–water partition coefficient (Wildman–Crippen LogP) is 0.0793. The average Bonchev–Trinajstić information content (AvgIpc) is 2.75. The lowest BCUT2D eigenvalue weighted by Gasteiger charge is -2.23. The molecule has 0 radical (unpaired) electrons. The molecule has 1 aromatic carbocycles. The second-order valence-corrected chi connectivity index (χ2v) is 6.47. The first-order chi connectivity index (χ1) is 15.1. The number of amides is 2. The number of alkyl halides is 3. The van der Waals surface area contributed by atoms with Gasteiger partial charge in [-0.1, -0.05) is 0 Å². The maximum absolute atomic E-state index is 13.2. The number of halogens is 3. The molecule has 2 amide bonds. The van der Waals surface area contributed by atoms with E-state index in [0.717, 1.165) is 6.20 Å². The van der Waals surface area contributed by atoms with Crippen LogP contribution in [-0.4, -0.2) is 51.0 Å². The summed E-state index contributed by atoms with van der Waals surface area (Å²) in [4.78, 5) is 50.3. The van der Waals surface area contributed by atoms with Crippen LogP contribution in [0.2, 0.25) is 0 Å². The Hall–Kier alpha value is -4.07. The molecule has 168 valence electrons. The zero-order chi connectivity index (χ0) is 23.5. The fourth-order valence-corrected chi connectivity index (χ4v) is 2.72. The standard InChI is InChI=1S/C18H17F3N8O3/c19-18(20,21)16(32)29(11-3-1-9(2-4-11)14(30)24-6-5-22)8-10-7-25-13-12(26-10)15(31)28-17(23)27-13/h1-4,7H,5-6,8,22H2,(H,24,30)(H3,23,25,27,28,31). The first-order valence-electron chi connectivity index (χ1n) is 9.08. The van der Waals surface area contributed by atoms with E-state index in [1.54, 1.807) is 0 Å². The van der Waals surface area contributed by atoms with E-state index in [9.17, 15) is 27.6 Å². The summed E-state index contributed by atoms with van der Waals surface area (Å²) in [5, 5.41) is 2.52. The number of nitrogens with one attached hydrogen (secondary N) is 2. The second kappa shape index (κ2) is 8.97. The first-order valence-corrected chi connectivity index (χ1v) is 9.08. The predicted molar refractivity (Wildman–Crippen MR) is 107 cm³/mol. The summed E-state index contributed by atoms with van der Waals surface area (Å²) in [6.07, 6.45) is -4.10. The number of aromatic nitrogens is 4. The van der Waals surface area contributed by atoms with E-state index in [-0.39, 0.29) is 47.1 Å². The number of nitrogen functional groups attached to an aromatic ring is 1. The summed E-state index contributed by atoms with van der Waals surface area (Å²) in [6, 6.07) is 4.90. The minimum Gasteiger partial charge on any atom is -0.369 e. The number of carbonyl (C=O) groups is 2. The van der Waals surface area contributed by atoms with Crippen molar-refractivity contribution in [2.45, 2.75) is 12.7 Å². The highest BCUT2D eigenvalue weighted by molar-refractivity contribution is 5.98. The van der Waals surface area contributed by atoms with Gasteiger partial charge in [0.25, 0.3) is 11.5 Å². The molecular weight excluding hydrogens is 433 g/mol. The van der Waals surface area contributed by atoms with Gasteiger partial charge in [-0.05, 0) is 24.3 Å². The molecule has 32 heavy (non-hydrogen) atoms. The van der Waals surface area contributed by atoms with Gasteiger partial charge in [0.15, 0.2) is 11.2 Å². The van der Waals surface area contributed by atoms with Gasteiger partial charge < -0.3 is 16.8 Å². The highest BCUT2D eigenvalue weighted by Crippen LogP contribution is 2.25. The van der Waals surface area contributed by atoms with Crippen LogP contribution in [0.4, 0.5) is 24.8 Å². The Labute approximate surface area is 177 Å². The minimum atomic E-state index is -5.19. The molecule has 0 bridgehead atoms. The maximum Gasteiger partial charge on any atom is 0.471 e. The normalized spacial score (nSPS) is 11.4. The van der Waals surface area contributed by atoms with Gasteiger partial charge in [0, 0.05) is 24.3 Å². The number of hydrogen-bond donors (Lipinski definition) is 4. The molecule has 0 unspecified atom stereocenters. The van der Waals surface area contributed by atoms with Gasteiger partial charge in [0.05, 0.1) is 18.4 Å². The number of nitrogens with two attached hydrogens (primary N) is 2. The fourth-order valence-electron chi connectivity index (χ4n) is 2.72. The van der Waals surface area contributed by atoms with Crippen LogP contribution < -0.4 is 27.2 Å². The molecule has 2 heterocycles. The summed E-state index contributed by atoms with van der Waals surface area (Å²) in [5.41, 5.74) is 9.57. The van der Waals surface area contributed by atoms with Crippen molar-refractivity contribution in [2.24, 2.45) is 5.73 Å². The Bertz CT molecular complexity index is 1210. The molecule has 14 heteroatoms. The lowest BCUT2D eigenvalue weighted by molar-refractivity contribution is -0.170. The molecule has 0 spiro atoms. The van der Waals surface area contributed by atoms with E-state index in [4.69, 9.17) is 11.5 Å². The highest BCUT2D eigenvalue weighted by Gasteiger charge is 2.43. The number of hydrogen-bond acceptors (Lipinski definition) is 8. The molecule has 3 rings (SSSR count). The molecule has 6 N–H and O–H groups in total. The third-order valence-corrected chi connectivity index (χ3v) is 4.16. The third-order valence-electron chi connectivity index (χ3n) is 4.16. The van der Waals surface area contributed by atoms with Gasteiger partial charge in [-0.2, -0.15) is 18.2 Å². The molecule has 0 saturated heterocycles. The van der Waals surface area contributed by atoms with Crippen molar-refractivity contribution in [3.63, 3.8) is 0 Å². The molecule has 3 aromatic rings. The Morgan fingerprint density at radius 1 is 1.16 bits per heavy atom. The van der Waals surface area contributed by atoms with Gasteiger partial charge in [-0.15, -0.1) is 0 Å². The van der Waals surface area contributed by atoms with Crippen molar-refractivity contribution in [2.75, 3.05) is 23.7 Å². The SMILES string of the molecule is NCCNC(=O)c1ccc(N(Cc2cnc3nc(N)[nH]c(=O)c3n2)C(=O)C(F)(F)F)cc1. The lowest BCUT2D eigenvalue weighted by atomic mass is 10.1. The Kier molecular flexibility index (Phi) is 6.34. The quantitative estimate of drug-likeness (QED) is 0.409. The van der Waals surface area contributed by atoms with Crippen molar-refractivity contribution in [1.29, 1.82) is 0 Å². The molecule has 0 fully saturated rings. The van der Waals surface area contributed by atoms with Gasteiger partial charge in [0.1, 0.15) is 0 Å². The monoisotopic (exact) mass is 450 g/mol. The molecule has 11 nitrogen and oxygen atoms in total. The van der Waals surface area contributed by atoms with Gasteiger partial charge >= 0.3 is 12.1 Å². The number of H-pyrrole nitrogens is 1. The number of nitrogens with zero attached hydrogens (tertiary/aromatic N) is 4. The smallest absolute Gasteiger partial charge is 0.369 e. The maximum atomic E-state index is 13.2. The number of benzene rings is 1. The Morgan fingerprint density at radius 2 is 1.84 bits per heavy atom. The van der Waals surface area contributed by atoms with Crippen LogP contribution in [0, 0.1) is 0 Å². The lowest BCUT2D eigenvalue weighted by Crippen LogP contribution is -2.41. The zero-order valence-electron chi connectivity index (χ0n) is 16.3. The molecule has 2 aromatic heterocycles. The van der Waals surface area contributed by atoms with Crippen molar-refractivity contribution in [1.82, 2.24) is 25.3 Å². The molecule has 0 aliphatic rings. The van der Waals surface area contributed by atoms with Crippen LogP contribution in [0.5, 0.6) is 0 Å². The van der Waals surface area contributed by atoms with Crippen LogP contribution >= 0.6 is 0 Å². The fraction of sp³-hybridized carbons (Fsp3) is 0.222. The number of aromatic amines is 1. The topological polar surface area (TPSA) is 173 Å². The van der Waals surface area contributed by atoms with E-state index in [2.05, 4.69) is 25.3 Å². The summed E-state index contributed by atoms with van der Waals surface area (Å²) >= 11 is 0. The molecule has 0 atom stereocenters. The summed E-state index contributed by atoms with van der Waals surface area (Å²) in [7, 11) is 0. The minimum absolute atomic E-state index is 0.100. The number of rotatable bonds is 6. The van der Waals surface area contributed by atoms with Gasteiger partial charge in [0.2, 0.25) is 5.95 Å². The van der Waals surface area contributed by atoms with Crippen LogP contribution in [0.25, 0.3) is 11.2 Å². The zero-order valence-corrected chi connectivity index (χ0v) is 16.3. The number of carbonyl (C=O) groups excluding carboxylic acids is 2. The molecular formula is C18H17F3N8O3.